The number of methoxy groups -OCH3 is 1. The van der Waals surface area contributed by atoms with Crippen LogP contribution in [-0.2, 0) is 4.79 Å². The van der Waals surface area contributed by atoms with E-state index < -0.39 is 0 Å². The summed E-state index contributed by atoms with van der Waals surface area (Å²) >= 11 is 5.90. The zero-order valence-corrected chi connectivity index (χ0v) is 23.3. The Morgan fingerprint density at radius 1 is 0.949 bits per heavy atom. The van der Waals surface area contributed by atoms with Crippen LogP contribution >= 0.6 is 11.6 Å². The van der Waals surface area contributed by atoms with Gasteiger partial charge in [-0.3, -0.25) is 9.59 Å². The fraction of sp³-hybridized carbons (Fsp3) is 0.333. The summed E-state index contributed by atoms with van der Waals surface area (Å²) in [6, 6.07) is 20.3. The van der Waals surface area contributed by atoms with Gasteiger partial charge in [-0.1, -0.05) is 30.7 Å². The number of nitrogens with zero attached hydrogens (tertiary/aromatic N) is 2. The number of benzene rings is 3. The van der Waals surface area contributed by atoms with Crippen molar-refractivity contribution in [1.29, 1.82) is 0 Å². The Morgan fingerprint density at radius 3 is 2.28 bits per heavy atom. The lowest BCUT2D eigenvalue weighted by molar-refractivity contribution is -0.118. The topological polar surface area (TPSA) is 83.1 Å². The van der Waals surface area contributed by atoms with Crippen LogP contribution in [-0.4, -0.2) is 57.8 Å². The van der Waals surface area contributed by atoms with E-state index in [1.807, 2.05) is 44.2 Å². The second kappa shape index (κ2) is 13.2. The van der Waals surface area contributed by atoms with Crippen LogP contribution in [0.4, 0.5) is 17.1 Å². The Labute approximate surface area is 234 Å². The number of hydrogen-bond acceptors (Lipinski definition) is 6. The van der Waals surface area contributed by atoms with Crippen LogP contribution in [0.1, 0.15) is 30.6 Å². The van der Waals surface area contributed by atoms with Gasteiger partial charge in [-0.05, 0) is 67.9 Å². The summed E-state index contributed by atoms with van der Waals surface area (Å²) in [5.74, 6) is 0.905. The molecule has 0 saturated carbocycles. The smallest absolute Gasteiger partial charge is 0.262 e. The van der Waals surface area contributed by atoms with E-state index in [4.69, 9.17) is 21.1 Å². The summed E-state index contributed by atoms with van der Waals surface area (Å²) in [6.07, 6.45) is 0.817. The summed E-state index contributed by atoms with van der Waals surface area (Å²) in [5.41, 5.74) is 2.96. The van der Waals surface area contributed by atoms with Crippen molar-refractivity contribution in [3.63, 3.8) is 0 Å². The average Bonchev–Trinajstić information content (AvgIpc) is 2.96. The molecule has 1 aliphatic rings. The van der Waals surface area contributed by atoms with Gasteiger partial charge in [-0.25, -0.2) is 0 Å². The summed E-state index contributed by atoms with van der Waals surface area (Å²) < 4.78 is 11.1. The number of nitrogens with one attached hydrogen (secondary N) is 2. The molecule has 2 amide bonds. The standard InChI is InChI=1S/C30H35ClN4O4/c1-4-21(2)32-30(37)25-19-23(33-29(36)20-39-24-12-9-22(31)10-13-24)11-14-26(25)34-15-17-35(18-16-34)27-7-5-6-8-28(27)38-3/h5-14,19,21H,4,15-18,20H2,1-3H3,(H,32,37)(H,33,36)/t21-/m0/s1. The summed E-state index contributed by atoms with van der Waals surface area (Å²) in [4.78, 5) is 30.4. The first-order chi connectivity index (χ1) is 18.9. The fourth-order valence-electron chi connectivity index (χ4n) is 4.43. The van der Waals surface area contributed by atoms with Crippen LogP contribution in [0.25, 0.3) is 0 Å². The maximum Gasteiger partial charge on any atom is 0.262 e. The molecule has 0 aromatic heterocycles. The zero-order valence-electron chi connectivity index (χ0n) is 22.6. The van der Waals surface area contributed by atoms with E-state index in [0.29, 0.717) is 22.0 Å². The molecule has 39 heavy (non-hydrogen) atoms. The maximum absolute atomic E-state index is 13.3. The van der Waals surface area contributed by atoms with Crippen LogP contribution in [0.15, 0.2) is 66.7 Å². The summed E-state index contributed by atoms with van der Waals surface area (Å²) in [6.45, 7) is 6.89. The first-order valence-electron chi connectivity index (χ1n) is 13.1. The molecule has 2 N–H and O–H groups in total. The largest absolute Gasteiger partial charge is 0.495 e. The highest BCUT2D eigenvalue weighted by molar-refractivity contribution is 6.30. The van der Waals surface area contributed by atoms with E-state index in [-0.39, 0.29) is 24.5 Å². The minimum absolute atomic E-state index is 0.0266. The van der Waals surface area contributed by atoms with Gasteiger partial charge >= 0.3 is 0 Å². The number of rotatable bonds is 10. The van der Waals surface area contributed by atoms with Crippen LogP contribution < -0.4 is 29.9 Å². The highest BCUT2D eigenvalue weighted by atomic mass is 35.5. The number of halogens is 1. The van der Waals surface area contributed by atoms with Crippen molar-refractivity contribution in [3.8, 4) is 11.5 Å². The molecule has 9 heteroatoms. The van der Waals surface area contributed by atoms with E-state index in [2.05, 4.69) is 26.5 Å². The van der Waals surface area contributed by atoms with E-state index in [0.717, 1.165) is 49.7 Å². The molecule has 1 aliphatic heterocycles. The first kappa shape index (κ1) is 28.1. The highest BCUT2D eigenvalue weighted by Crippen LogP contribution is 2.31. The summed E-state index contributed by atoms with van der Waals surface area (Å²) in [5, 5.41) is 6.51. The molecule has 3 aromatic rings. The number of ether oxygens (including phenoxy) is 2. The van der Waals surface area contributed by atoms with Crippen LogP contribution in [0.3, 0.4) is 0 Å². The van der Waals surface area contributed by atoms with Crippen molar-refractivity contribution in [2.24, 2.45) is 0 Å². The third-order valence-electron chi connectivity index (χ3n) is 6.74. The molecule has 0 radical (unpaired) electrons. The average molecular weight is 551 g/mol. The van der Waals surface area contributed by atoms with E-state index in [1.165, 1.54) is 0 Å². The normalized spacial score (nSPS) is 13.9. The third kappa shape index (κ3) is 7.35. The number of piperazine rings is 1. The number of anilines is 3. The molecule has 3 aromatic carbocycles. The highest BCUT2D eigenvalue weighted by Gasteiger charge is 2.24. The third-order valence-corrected chi connectivity index (χ3v) is 7.00. The van der Waals surface area contributed by atoms with Crippen molar-refractivity contribution in [3.05, 3.63) is 77.3 Å². The minimum atomic E-state index is -0.323. The Hall–Kier alpha value is -3.91. The molecular formula is C30H35ClN4O4. The molecule has 1 heterocycles. The molecular weight excluding hydrogens is 516 g/mol. The van der Waals surface area contributed by atoms with E-state index in [1.54, 1.807) is 37.4 Å². The quantitative estimate of drug-likeness (QED) is 0.360. The molecule has 0 unspecified atom stereocenters. The van der Waals surface area contributed by atoms with Gasteiger partial charge in [0.15, 0.2) is 6.61 Å². The van der Waals surface area contributed by atoms with Crippen molar-refractivity contribution in [1.82, 2.24) is 5.32 Å². The van der Waals surface area contributed by atoms with Crippen molar-refractivity contribution < 1.29 is 19.1 Å². The zero-order chi connectivity index (χ0) is 27.8. The van der Waals surface area contributed by atoms with Crippen LogP contribution in [0, 0.1) is 0 Å². The molecule has 1 atom stereocenters. The second-order valence-corrected chi connectivity index (χ2v) is 9.89. The van der Waals surface area contributed by atoms with Gasteiger partial charge in [0.1, 0.15) is 11.5 Å². The van der Waals surface area contributed by atoms with Crippen LogP contribution in [0.5, 0.6) is 11.5 Å². The minimum Gasteiger partial charge on any atom is -0.495 e. The predicted octanol–water partition coefficient (Wildman–Crippen LogP) is 5.22. The Balaban J connectivity index is 1.47. The number of carbonyl (C=O) groups is 2. The number of amides is 2. The van der Waals surface area contributed by atoms with E-state index >= 15 is 0 Å². The molecule has 0 spiro atoms. The van der Waals surface area contributed by atoms with Gasteiger partial charge in [-0.2, -0.15) is 0 Å². The lowest BCUT2D eigenvalue weighted by atomic mass is 10.1. The van der Waals surface area contributed by atoms with Crippen molar-refractivity contribution in [2.45, 2.75) is 26.3 Å². The van der Waals surface area contributed by atoms with Gasteiger partial charge in [-0.15, -0.1) is 0 Å². The van der Waals surface area contributed by atoms with Gasteiger partial charge in [0.05, 0.1) is 18.4 Å². The Bertz CT molecular complexity index is 1280. The summed E-state index contributed by atoms with van der Waals surface area (Å²) in [7, 11) is 1.68. The molecule has 0 aliphatic carbocycles. The number of para-hydroxylation sites is 2. The molecule has 1 saturated heterocycles. The lowest BCUT2D eigenvalue weighted by Crippen LogP contribution is -2.47. The maximum atomic E-state index is 13.3. The molecule has 206 valence electrons. The van der Waals surface area contributed by atoms with Crippen LogP contribution in [0.2, 0.25) is 5.02 Å². The first-order valence-corrected chi connectivity index (χ1v) is 13.5. The van der Waals surface area contributed by atoms with Crippen molar-refractivity contribution in [2.75, 3.05) is 55.0 Å². The van der Waals surface area contributed by atoms with Gasteiger partial charge in [0.2, 0.25) is 0 Å². The Morgan fingerprint density at radius 2 is 1.62 bits per heavy atom. The van der Waals surface area contributed by atoms with E-state index in [9.17, 15) is 9.59 Å². The number of hydrogen-bond donors (Lipinski definition) is 2. The monoisotopic (exact) mass is 550 g/mol. The lowest BCUT2D eigenvalue weighted by Gasteiger charge is -2.38. The SMILES string of the molecule is CC[C@H](C)NC(=O)c1cc(NC(=O)COc2ccc(Cl)cc2)ccc1N1CCN(c2ccccc2OC)CC1. The van der Waals surface area contributed by atoms with Gasteiger partial charge in [0.25, 0.3) is 11.8 Å². The Kier molecular flexibility index (Phi) is 9.54. The second-order valence-electron chi connectivity index (χ2n) is 9.45. The number of carbonyl (C=O) groups excluding carboxylic acids is 2. The predicted molar refractivity (Wildman–Crippen MR) is 157 cm³/mol. The molecule has 8 nitrogen and oxygen atoms in total. The van der Waals surface area contributed by atoms with Gasteiger partial charge in [0, 0.05) is 48.6 Å². The fourth-order valence-corrected chi connectivity index (χ4v) is 4.56. The molecule has 4 rings (SSSR count). The molecule has 1 fully saturated rings. The van der Waals surface area contributed by atoms with Crippen molar-refractivity contribution >= 4 is 40.5 Å². The molecule has 0 bridgehead atoms. The van der Waals surface area contributed by atoms with Gasteiger partial charge < -0.3 is 29.9 Å².